The first-order valence-electron chi connectivity index (χ1n) is 10.7. The molecule has 0 spiro atoms. The minimum Gasteiger partial charge on any atom is -0.323 e. The third-order valence-corrected chi connectivity index (χ3v) is 9.28. The Hall–Kier alpha value is -2.32. The number of hydrazone groups is 1. The van der Waals surface area contributed by atoms with Crippen molar-refractivity contribution < 1.29 is 8.78 Å². The third-order valence-electron chi connectivity index (χ3n) is 5.48. The number of aryl methyl sites for hydroxylation is 3. The number of anilines is 1. The van der Waals surface area contributed by atoms with Gasteiger partial charge in [-0.05, 0) is 51.8 Å². The van der Waals surface area contributed by atoms with Crippen LogP contribution in [0.4, 0.5) is 13.9 Å². The van der Waals surface area contributed by atoms with Crippen molar-refractivity contribution in [2.45, 2.75) is 44.5 Å². The normalized spacial score (nSPS) is 18.8. The number of nitrogens with two attached hydrogens (primary N) is 1. The van der Waals surface area contributed by atoms with Crippen LogP contribution < -0.4 is 10.7 Å². The van der Waals surface area contributed by atoms with Crippen LogP contribution >= 0.6 is 45.8 Å². The molecule has 0 fully saturated rings. The van der Waals surface area contributed by atoms with Gasteiger partial charge in [0, 0.05) is 22.4 Å². The maximum absolute atomic E-state index is 14.8. The van der Waals surface area contributed by atoms with E-state index in [1.54, 1.807) is 16.3 Å². The van der Waals surface area contributed by atoms with E-state index in [1.165, 1.54) is 34.4 Å². The van der Waals surface area contributed by atoms with E-state index in [9.17, 15) is 8.78 Å². The Labute approximate surface area is 217 Å². The van der Waals surface area contributed by atoms with Gasteiger partial charge in [-0.2, -0.15) is 5.10 Å². The summed E-state index contributed by atoms with van der Waals surface area (Å²) < 4.78 is 28.9. The molecule has 4 aromatic rings. The molecule has 13 heteroatoms. The average molecular weight is 550 g/mol. The van der Waals surface area contributed by atoms with Gasteiger partial charge in [0.2, 0.25) is 5.13 Å². The molecule has 2 N–H and O–H groups in total. The SMILES string of the molecule is Cc1nc(C(N)CCC2(c3csc(C)n3)SC(c3cc(F)ccc3F)=NN2c2nnc(C)s2)cs1. The number of aromatic nitrogens is 4. The Morgan fingerprint density at radius 1 is 1.03 bits per heavy atom. The lowest BCUT2D eigenvalue weighted by atomic mass is 10.0. The van der Waals surface area contributed by atoms with Gasteiger partial charge in [-0.3, -0.25) is 0 Å². The molecule has 5 rings (SSSR count). The molecule has 1 aliphatic heterocycles. The molecule has 182 valence electrons. The maximum atomic E-state index is 14.8. The lowest BCUT2D eigenvalue weighted by Crippen LogP contribution is -2.38. The number of benzene rings is 1. The lowest BCUT2D eigenvalue weighted by Gasteiger charge is -2.34. The molecule has 7 nitrogen and oxygen atoms in total. The van der Waals surface area contributed by atoms with Crippen LogP contribution in [0.2, 0.25) is 0 Å². The molecule has 1 aromatic carbocycles. The number of rotatable bonds is 7. The molecule has 0 bridgehead atoms. The van der Waals surface area contributed by atoms with E-state index in [1.807, 2.05) is 31.5 Å². The molecule has 0 saturated heterocycles. The monoisotopic (exact) mass is 549 g/mol. The fourth-order valence-electron chi connectivity index (χ4n) is 3.77. The number of halogens is 2. The van der Waals surface area contributed by atoms with Crippen molar-refractivity contribution in [3.63, 3.8) is 0 Å². The second-order valence-corrected chi connectivity index (χ2v) is 12.6. The molecule has 0 aliphatic carbocycles. The first kappa shape index (κ1) is 24.4. The summed E-state index contributed by atoms with van der Waals surface area (Å²) in [5, 5.41) is 22.4. The van der Waals surface area contributed by atoms with Gasteiger partial charge in [0.25, 0.3) is 0 Å². The predicted molar refractivity (Wildman–Crippen MR) is 139 cm³/mol. The van der Waals surface area contributed by atoms with Crippen LogP contribution in [0.3, 0.4) is 0 Å². The van der Waals surface area contributed by atoms with Crippen molar-refractivity contribution in [3.8, 4) is 0 Å². The highest BCUT2D eigenvalue weighted by atomic mass is 32.2. The van der Waals surface area contributed by atoms with Gasteiger partial charge in [-0.25, -0.2) is 23.8 Å². The number of thioether (sulfide) groups is 1. The van der Waals surface area contributed by atoms with E-state index in [0.717, 1.165) is 44.6 Å². The fraction of sp³-hybridized carbons (Fsp3) is 0.318. The molecule has 2 atom stereocenters. The molecule has 0 saturated carbocycles. The Bertz CT molecular complexity index is 1400. The average Bonchev–Trinajstić information content (AvgIpc) is 3.61. The van der Waals surface area contributed by atoms with E-state index in [0.29, 0.717) is 23.0 Å². The van der Waals surface area contributed by atoms with E-state index >= 15 is 0 Å². The smallest absolute Gasteiger partial charge is 0.230 e. The van der Waals surface area contributed by atoms with Crippen LogP contribution in [0.25, 0.3) is 0 Å². The molecule has 35 heavy (non-hydrogen) atoms. The van der Waals surface area contributed by atoms with Gasteiger partial charge in [-0.15, -0.1) is 32.9 Å². The van der Waals surface area contributed by atoms with Crippen LogP contribution in [-0.2, 0) is 4.87 Å². The summed E-state index contributed by atoms with van der Waals surface area (Å²) in [6, 6.07) is 3.07. The topological polar surface area (TPSA) is 93.2 Å². The number of hydrogen-bond acceptors (Lipinski definition) is 11. The number of thiazole rings is 2. The zero-order chi connectivity index (χ0) is 24.7. The Balaban J connectivity index is 1.59. The quantitative estimate of drug-likeness (QED) is 0.307. The van der Waals surface area contributed by atoms with Crippen molar-refractivity contribution in [1.82, 2.24) is 20.2 Å². The van der Waals surface area contributed by atoms with Gasteiger partial charge >= 0.3 is 0 Å². The molecule has 0 amide bonds. The van der Waals surface area contributed by atoms with Gasteiger partial charge in [0.1, 0.15) is 21.7 Å². The first-order chi connectivity index (χ1) is 16.7. The van der Waals surface area contributed by atoms with E-state index in [-0.39, 0.29) is 11.6 Å². The van der Waals surface area contributed by atoms with Crippen LogP contribution in [0.5, 0.6) is 0 Å². The summed E-state index contributed by atoms with van der Waals surface area (Å²) in [4.78, 5) is 8.46. The van der Waals surface area contributed by atoms with Crippen LogP contribution in [0, 0.1) is 32.4 Å². The highest BCUT2D eigenvalue weighted by molar-refractivity contribution is 8.15. The van der Waals surface area contributed by atoms with E-state index in [4.69, 9.17) is 15.8 Å². The van der Waals surface area contributed by atoms with Crippen molar-refractivity contribution >= 4 is 55.9 Å². The number of hydrogen-bond donors (Lipinski definition) is 1. The van der Waals surface area contributed by atoms with Crippen molar-refractivity contribution in [3.05, 3.63) is 72.6 Å². The molecule has 3 aromatic heterocycles. The Morgan fingerprint density at radius 2 is 1.80 bits per heavy atom. The predicted octanol–water partition coefficient (Wildman–Crippen LogP) is 5.90. The van der Waals surface area contributed by atoms with Crippen molar-refractivity contribution in [2.75, 3.05) is 5.01 Å². The van der Waals surface area contributed by atoms with Gasteiger partial charge < -0.3 is 5.73 Å². The lowest BCUT2D eigenvalue weighted by molar-refractivity contribution is 0.474. The largest absolute Gasteiger partial charge is 0.323 e. The molecule has 4 heterocycles. The summed E-state index contributed by atoms with van der Waals surface area (Å²) in [6.45, 7) is 5.73. The standard InChI is InChI=1S/C22H21F2N7S4/c1-11-26-18(9-32-11)17(25)6-7-22(19-10-33-12(2)27-19)31(21-29-28-13(3)34-21)30-20(35-22)15-8-14(23)4-5-16(15)24/h4-5,8-10,17H,6-7,25H2,1-3H3. The van der Waals surface area contributed by atoms with Gasteiger partial charge in [0.15, 0.2) is 4.87 Å². The highest BCUT2D eigenvalue weighted by Gasteiger charge is 2.50. The highest BCUT2D eigenvalue weighted by Crippen LogP contribution is 2.53. The Kier molecular flexibility index (Phi) is 6.70. The van der Waals surface area contributed by atoms with Crippen LogP contribution in [-0.4, -0.2) is 25.2 Å². The molecular weight excluding hydrogens is 529 g/mol. The van der Waals surface area contributed by atoms with E-state index < -0.39 is 16.5 Å². The number of nitrogens with zero attached hydrogens (tertiary/aromatic N) is 6. The molecule has 1 aliphatic rings. The van der Waals surface area contributed by atoms with Crippen LogP contribution in [0.15, 0.2) is 34.1 Å². The minimum atomic E-state index is -0.868. The summed E-state index contributed by atoms with van der Waals surface area (Å²) in [5.41, 5.74) is 8.21. The van der Waals surface area contributed by atoms with Crippen molar-refractivity contribution in [1.29, 1.82) is 0 Å². The first-order valence-corrected chi connectivity index (χ1v) is 14.1. The zero-order valence-corrected chi connectivity index (χ0v) is 22.3. The summed E-state index contributed by atoms with van der Waals surface area (Å²) in [7, 11) is 0. The third kappa shape index (κ3) is 4.75. The van der Waals surface area contributed by atoms with E-state index in [2.05, 4.69) is 15.2 Å². The summed E-state index contributed by atoms with van der Waals surface area (Å²) >= 11 is 5.79. The minimum absolute atomic E-state index is 0.0921. The van der Waals surface area contributed by atoms with Gasteiger partial charge in [-0.1, -0.05) is 23.1 Å². The van der Waals surface area contributed by atoms with Crippen molar-refractivity contribution in [2.24, 2.45) is 10.8 Å². The molecular formula is C22H21F2N7S4. The second-order valence-electron chi connectivity index (χ2n) is 8.02. The molecule has 0 radical (unpaired) electrons. The molecule has 2 unspecified atom stereocenters. The fourth-order valence-corrected chi connectivity index (χ4v) is 7.32. The zero-order valence-electron chi connectivity index (χ0n) is 19.0. The second kappa shape index (κ2) is 9.62. The Morgan fingerprint density at radius 3 is 2.46 bits per heavy atom. The maximum Gasteiger partial charge on any atom is 0.230 e. The summed E-state index contributed by atoms with van der Waals surface area (Å²) in [6.07, 6.45) is 1.08. The summed E-state index contributed by atoms with van der Waals surface area (Å²) in [5.74, 6) is -1.09. The van der Waals surface area contributed by atoms with Gasteiger partial charge in [0.05, 0.1) is 21.4 Å². The van der Waals surface area contributed by atoms with Crippen LogP contribution in [0.1, 0.15) is 50.9 Å².